The molecule has 1 aromatic heterocycles. The molecule has 0 saturated heterocycles. The van der Waals surface area contributed by atoms with Crippen molar-refractivity contribution in [2.45, 2.75) is 50.9 Å². The lowest BCUT2D eigenvalue weighted by Gasteiger charge is -2.25. The zero-order valence-electron chi connectivity index (χ0n) is 12.5. The van der Waals surface area contributed by atoms with Gasteiger partial charge in [-0.1, -0.05) is 0 Å². The highest BCUT2D eigenvalue weighted by Gasteiger charge is 2.19. The van der Waals surface area contributed by atoms with Crippen LogP contribution < -0.4 is 5.32 Å². The summed E-state index contributed by atoms with van der Waals surface area (Å²) in [6, 6.07) is 0. The Bertz CT molecular complexity index is 443. The first-order chi connectivity index (χ1) is 10.1. The van der Waals surface area contributed by atoms with E-state index in [9.17, 15) is 9.90 Å². The Balaban J connectivity index is 1.51. The smallest absolute Gasteiger partial charge is 0.220 e. The van der Waals surface area contributed by atoms with Crippen molar-refractivity contribution in [2.75, 3.05) is 12.3 Å². The van der Waals surface area contributed by atoms with Crippen molar-refractivity contribution in [1.29, 1.82) is 0 Å². The van der Waals surface area contributed by atoms with Crippen LogP contribution in [-0.4, -0.2) is 34.4 Å². The van der Waals surface area contributed by atoms with E-state index in [1.165, 1.54) is 0 Å². The molecule has 4 nitrogen and oxygen atoms in total. The van der Waals surface area contributed by atoms with E-state index in [-0.39, 0.29) is 12.0 Å². The van der Waals surface area contributed by atoms with E-state index < -0.39 is 0 Å². The maximum Gasteiger partial charge on any atom is 0.220 e. The molecule has 1 amide bonds. The van der Waals surface area contributed by atoms with Gasteiger partial charge in [-0.25, -0.2) is 4.98 Å². The van der Waals surface area contributed by atoms with Crippen LogP contribution in [0.2, 0.25) is 0 Å². The van der Waals surface area contributed by atoms with Crippen LogP contribution in [-0.2, 0) is 10.5 Å². The Labute approximate surface area is 134 Å². The van der Waals surface area contributed by atoms with Gasteiger partial charge >= 0.3 is 0 Å². The van der Waals surface area contributed by atoms with Crippen LogP contribution in [0.5, 0.6) is 0 Å². The van der Waals surface area contributed by atoms with Gasteiger partial charge in [-0.2, -0.15) is 11.8 Å². The number of hydrogen-bond donors (Lipinski definition) is 2. The highest BCUT2D eigenvalue weighted by Crippen LogP contribution is 2.23. The summed E-state index contributed by atoms with van der Waals surface area (Å²) < 4.78 is 0. The molecule has 0 aromatic carbocycles. The van der Waals surface area contributed by atoms with Gasteiger partial charge < -0.3 is 10.4 Å². The molecule has 1 aliphatic rings. The van der Waals surface area contributed by atoms with Crippen LogP contribution in [0, 0.1) is 12.8 Å². The summed E-state index contributed by atoms with van der Waals surface area (Å²) >= 11 is 3.43. The SMILES string of the molecule is Cc1nc(CSCCC(=O)NCC2CCC(O)CC2)cs1. The van der Waals surface area contributed by atoms with Crippen LogP contribution in [0.3, 0.4) is 0 Å². The number of hydrogen-bond acceptors (Lipinski definition) is 5. The van der Waals surface area contributed by atoms with Gasteiger partial charge in [-0.05, 0) is 38.5 Å². The second-order valence-electron chi connectivity index (χ2n) is 5.64. The first-order valence-electron chi connectivity index (χ1n) is 7.57. The molecule has 0 unspecified atom stereocenters. The first kappa shape index (κ1) is 16.8. The number of aryl methyl sites for hydroxylation is 1. The second-order valence-corrected chi connectivity index (χ2v) is 7.81. The van der Waals surface area contributed by atoms with E-state index in [1.807, 2.05) is 6.92 Å². The van der Waals surface area contributed by atoms with Gasteiger partial charge in [-0.3, -0.25) is 4.79 Å². The van der Waals surface area contributed by atoms with Crippen molar-refractivity contribution in [3.05, 3.63) is 16.1 Å². The highest BCUT2D eigenvalue weighted by molar-refractivity contribution is 7.98. The Hall–Kier alpha value is -0.590. The maximum atomic E-state index is 11.8. The molecule has 118 valence electrons. The molecule has 0 aliphatic heterocycles. The van der Waals surface area contributed by atoms with Gasteiger partial charge in [0.05, 0.1) is 16.8 Å². The third-order valence-corrected chi connectivity index (χ3v) is 5.61. The molecule has 0 radical (unpaired) electrons. The molecule has 0 atom stereocenters. The van der Waals surface area contributed by atoms with E-state index in [1.54, 1.807) is 23.1 Å². The van der Waals surface area contributed by atoms with Gasteiger partial charge in [0.15, 0.2) is 0 Å². The number of carbonyl (C=O) groups excluding carboxylic acids is 1. The molecule has 2 rings (SSSR count). The zero-order valence-corrected chi connectivity index (χ0v) is 14.1. The van der Waals surface area contributed by atoms with Gasteiger partial charge in [0.1, 0.15) is 0 Å². The number of aliphatic hydroxyl groups excluding tert-OH is 1. The summed E-state index contributed by atoms with van der Waals surface area (Å²) in [6.07, 6.45) is 4.26. The van der Waals surface area contributed by atoms with Crippen molar-refractivity contribution in [1.82, 2.24) is 10.3 Å². The summed E-state index contributed by atoms with van der Waals surface area (Å²) in [4.78, 5) is 16.2. The Morgan fingerprint density at radius 2 is 2.24 bits per heavy atom. The number of nitrogens with zero attached hydrogens (tertiary/aromatic N) is 1. The van der Waals surface area contributed by atoms with Crippen LogP contribution in [0.15, 0.2) is 5.38 Å². The minimum atomic E-state index is -0.122. The molecule has 1 heterocycles. The average Bonchev–Trinajstić information content (AvgIpc) is 2.89. The van der Waals surface area contributed by atoms with Crippen molar-refractivity contribution in [3.8, 4) is 0 Å². The Morgan fingerprint density at radius 1 is 1.48 bits per heavy atom. The standard InChI is InChI=1S/C15H24N2O2S2/c1-11-17-13(10-21-11)9-20-7-6-15(19)16-8-12-2-4-14(18)5-3-12/h10,12,14,18H,2-9H2,1H3,(H,16,19). The quantitative estimate of drug-likeness (QED) is 0.756. The van der Waals surface area contributed by atoms with Gasteiger partial charge in [-0.15, -0.1) is 11.3 Å². The highest BCUT2D eigenvalue weighted by atomic mass is 32.2. The fourth-order valence-corrected chi connectivity index (χ4v) is 4.06. The van der Waals surface area contributed by atoms with E-state index >= 15 is 0 Å². The molecule has 1 aromatic rings. The number of aliphatic hydroxyl groups is 1. The lowest BCUT2D eigenvalue weighted by atomic mass is 9.87. The van der Waals surface area contributed by atoms with Crippen molar-refractivity contribution in [3.63, 3.8) is 0 Å². The van der Waals surface area contributed by atoms with E-state index in [0.717, 1.165) is 54.4 Å². The molecular formula is C15H24N2O2S2. The lowest BCUT2D eigenvalue weighted by molar-refractivity contribution is -0.120. The molecule has 21 heavy (non-hydrogen) atoms. The number of carbonyl (C=O) groups is 1. The van der Waals surface area contributed by atoms with E-state index in [2.05, 4.69) is 15.7 Å². The number of thiazole rings is 1. The third kappa shape index (κ3) is 6.36. The molecule has 1 fully saturated rings. The van der Waals surface area contributed by atoms with Gasteiger partial charge in [0, 0.05) is 29.9 Å². The molecule has 0 bridgehead atoms. The summed E-state index contributed by atoms with van der Waals surface area (Å²) in [6.45, 7) is 2.78. The van der Waals surface area contributed by atoms with Gasteiger partial charge in [0.2, 0.25) is 5.91 Å². The summed E-state index contributed by atoms with van der Waals surface area (Å²) in [7, 11) is 0. The van der Waals surface area contributed by atoms with E-state index in [0.29, 0.717) is 12.3 Å². The molecule has 1 saturated carbocycles. The predicted octanol–water partition coefficient (Wildman–Crippen LogP) is 2.74. The zero-order chi connectivity index (χ0) is 15.1. The number of aromatic nitrogens is 1. The van der Waals surface area contributed by atoms with E-state index in [4.69, 9.17) is 0 Å². The van der Waals surface area contributed by atoms with Crippen molar-refractivity contribution < 1.29 is 9.90 Å². The topological polar surface area (TPSA) is 62.2 Å². The number of amides is 1. The number of thioether (sulfide) groups is 1. The van der Waals surface area contributed by atoms with Crippen molar-refractivity contribution >= 4 is 29.0 Å². The summed E-state index contributed by atoms with van der Waals surface area (Å²) in [5, 5.41) is 15.7. The van der Waals surface area contributed by atoms with Crippen LogP contribution in [0.1, 0.15) is 42.8 Å². The van der Waals surface area contributed by atoms with Crippen LogP contribution in [0.25, 0.3) is 0 Å². The van der Waals surface area contributed by atoms with Crippen LogP contribution >= 0.6 is 23.1 Å². The molecule has 1 aliphatic carbocycles. The fourth-order valence-electron chi connectivity index (χ4n) is 2.51. The molecule has 0 spiro atoms. The summed E-state index contributed by atoms with van der Waals surface area (Å²) in [5.74, 6) is 2.41. The predicted molar refractivity (Wildman–Crippen MR) is 88.6 cm³/mol. The fraction of sp³-hybridized carbons (Fsp3) is 0.733. The third-order valence-electron chi connectivity index (χ3n) is 3.79. The average molecular weight is 329 g/mol. The monoisotopic (exact) mass is 328 g/mol. The Morgan fingerprint density at radius 3 is 2.90 bits per heavy atom. The summed E-state index contributed by atoms with van der Waals surface area (Å²) in [5.41, 5.74) is 1.11. The normalized spacial score (nSPS) is 22.2. The van der Waals surface area contributed by atoms with Crippen molar-refractivity contribution in [2.24, 2.45) is 5.92 Å². The first-order valence-corrected chi connectivity index (χ1v) is 9.60. The largest absolute Gasteiger partial charge is 0.393 e. The minimum Gasteiger partial charge on any atom is -0.393 e. The number of nitrogens with one attached hydrogen (secondary N) is 1. The molecule has 2 N–H and O–H groups in total. The number of rotatable bonds is 7. The van der Waals surface area contributed by atoms with Crippen LogP contribution in [0.4, 0.5) is 0 Å². The molecular weight excluding hydrogens is 304 g/mol. The molecule has 6 heteroatoms. The maximum absolute atomic E-state index is 11.8. The van der Waals surface area contributed by atoms with Gasteiger partial charge in [0.25, 0.3) is 0 Å². The minimum absolute atomic E-state index is 0.122. The lowest BCUT2D eigenvalue weighted by Crippen LogP contribution is -2.32. The Kier molecular flexibility index (Phi) is 6.99. The second kappa shape index (κ2) is 8.76.